The zero-order valence-corrected chi connectivity index (χ0v) is 15.8. The van der Waals surface area contributed by atoms with Crippen molar-refractivity contribution in [2.45, 2.75) is 32.4 Å². The molecule has 0 aromatic carbocycles. The van der Waals surface area contributed by atoms with Crippen LogP contribution in [0.4, 0.5) is 5.95 Å². The van der Waals surface area contributed by atoms with Crippen LogP contribution in [0.3, 0.4) is 0 Å². The third-order valence-corrected chi connectivity index (χ3v) is 6.76. The first-order valence-corrected chi connectivity index (χ1v) is 11.0. The molecule has 0 bridgehead atoms. The average Bonchev–Trinajstić information content (AvgIpc) is 3.08. The predicted molar refractivity (Wildman–Crippen MR) is 92.3 cm³/mol. The van der Waals surface area contributed by atoms with Crippen molar-refractivity contribution in [2.75, 3.05) is 16.6 Å². The Kier molecular flexibility index (Phi) is 5.24. The highest BCUT2D eigenvalue weighted by atomic mass is 32.2. The van der Waals surface area contributed by atoms with E-state index >= 15 is 0 Å². The fourth-order valence-corrected chi connectivity index (χ4v) is 4.48. The largest absolute Gasteiger partial charge is 0.810 e. The van der Waals surface area contributed by atoms with Crippen LogP contribution < -0.4 is 25.2 Å². The fourth-order valence-electron chi connectivity index (χ4n) is 2.74. The van der Waals surface area contributed by atoms with E-state index < -0.39 is 13.1 Å². The smallest absolute Gasteiger partial charge is 0.311 e. The van der Waals surface area contributed by atoms with E-state index in [0.29, 0.717) is 47.8 Å². The summed E-state index contributed by atoms with van der Waals surface area (Å²) in [7, 11) is -2.67. The molecule has 0 saturated heterocycles. The first kappa shape index (κ1) is 18.4. The van der Waals surface area contributed by atoms with E-state index in [1.807, 2.05) is 4.57 Å². The highest BCUT2D eigenvalue weighted by molar-refractivity contribution is 8.04. The van der Waals surface area contributed by atoms with Crippen molar-refractivity contribution in [3.8, 4) is 0 Å². The van der Waals surface area contributed by atoms with E-state index in [9.17, 15) is 19.1 Å². The van der Waals surface area contributed by atoms with Crippen LogP contribution >= 0.6 is 19.4 Å². The maximum absolute atomic E-state index is 12.3. The molecule has 1 saturated carbocycles. The lowest BCUT2D eigenvalue weighted by Crippen LogP contribution is -2.34. The van der Waals surface area contributed by atoms with Crippen molar-refractivity contribution < 1.29 is 18.9 Å². The van der Waals surface area contributed by atoms with Crippen LogP contribution in [0.15, 0.2) is 11.1 Å². The predicted octanol–water partition coefficient (Wildman–Crippen LogP) is -0.636. The molecule has 0 radical (unpaired) electrons. The Morgan fingerprint density at radius 1 is 1.56 bits per heavy atom. The molecule has 1 unspecified atom stereocenters. The highest BCUT2D eigenvalue weighted by Crippen LogP contribution is 2.31. The molecule has 9 nitrogen and oxygen atoms in total. The molecule has 3 rings (SSSR count). The van der Waals surface area contributed by atoms with Crippen molar-refractivity contribution in [3.63, 3.8) is 0 Å². The first-order valence-electron chi connectivity index (χ1n) is 8.09. The number of hydrogen-bond acceptors (Lipinski definition) is 7. The second-order valence-corrected chi connectivity index (χ2v) is 9.54. The maximum atomic E-state index is 12.3. The van der Waals surface area contributed by atoms with Crippen LogP contribution in [-0.2, 0) is 18.2 Å². The molecular formula is C14H21N5O4PS-. The summed E-state index contributed by atoms with van der Waals surface area (Å²) in [6, 6.07) is 0.351. The number of aromatic nitrogens is 4. The van der Waals surface area contributed by atoms with Gasteiger partial charge < -0.3 is 19.7 Å². The molecule has 25 heavy (non-hydrogen) atoms. The number of imidazole rings is 1. The van der Waals surface area contributed by atoms with Crippen molar-refractivity contribution in [2.24, 2.45) is 13.0 Å². The van der Waals surface area contributed by atoms with Gasteiger partial charge in [-0.1, -0.05) is 19.5 Å². The van der Waals surface area contributed by atoms with Crippen LogP contribution in [0, 0.1) is 5.92 Å². The Bertz CT molecular complexity index is 876. The Balaban J connectivity index is 1.71. The van der Waals surface area contributed by atoms with Crippen molar-refractivity contribution in [3.05, 3.63) is 16.7 Å². The topological polar surface area (TPSA) is 130 Å². The minimum Gasteiger partial charge on any atom is -0.810 e. The maximum Gasteiger partial charge on any atom is 0.311 e. The molecule has 0 aliphatic heterocycles. The van der Waals surface area contributed by atoms with Gasteiger partial charge in [-0.25, -0.2) is 4.57 Å². The lowest BCUT2D eigenvalue weighted by atomic mass is 10.4. The van der Waals surface area contributed by atoms with Gasteiger partial charge in [0.2, 0.25) is 5.52 Å². The summed E-state index contributed by atoms with van der Waals surface area (Å²) < 4.78 is 14.2. The Morgan fingerprint density at radius 3 is 2.92 bits per heavy atom. The SMILES string of the molecule is CC1C[C@@H]1Nc1nc2c(c(=O)[nH]1)n(C)c[n+]2CCCSCP(=O)([O-])[O-]. The van der Waals surface area contributed by atoms with Crippen molar-refractivity contribution >= 4 is 36.5 Å². The van der Waals surface area contributed by atoms with E-state index in [4.69, 9.17) is 0 Å². The molecule has 2 aromatic rings. The number of anilines is 1. The van der Waals surface area contributed by atoms with Gasteiger partial charge in [0, 0.05) is 11.5 Å². The summed E-state index contributed by atoms with van der Waals surface area (Å²) in [6.07, 6.45) is 3.54. The van der Waals surface area contributed by atoms with Gasteiger partial charge in [0.1, 0.15) is 0 Å². The number of hydrogen-bond donors (Lipinski definition) is 2. The van der Waals surface area contributed by atoms with Crippen LogP contribution in [-0.4, -0.2) is 31.8 Å². The zero-order valence-electron chi connectivity index (χ0n) is 14.1. The van der Waals surface area contributed by atoms with E-state index in [2.05, 4.69) is 22.2 Å². The monoisotopic (exact) mass is 386 g/mol. The Labute approximate surface area is 149 Å². The summed E-state index contributed by atoms with van der Waals surface area (Å²) >= 11 is 1.11. The highest BCUT2D eigenvalue weighted by Gasteiger charge is 2.34. The minimum atomic E-state index is -4.45. The quantitative estimate of drug-likeness (QED) is 0.351. The minimum absolute atomic E-state index is 0.199. The standard InChI is InChI=1S/C14H22N5O4PS/c1-9-6-10(9)15-14-16-12-11(13(20)17-14)18(2)7-19(12)4-3-5-25-8-24(21,22)23/h7,9-10H,3-6,8H2,1-2H3,(H3-,15,16,17,20,21,22,23)/p-1/t9?,10-/m0/s1. The third kappa shape index (κ3) is 4.63. The molecule has 1 fully saturated rings. The van der Waals surface area contributed by atoms with Gasteiger partial charge in [-0.15, -0.1) is 0 Å². The van der Waals surface area contributed by atoms with Gasteiger partial charge in [0.05, 0.1) is 13.6 Å². The molecule has 138 valence electrons. The zero-order chi connectivity index (χ0) is 18.2. The number of fused-ring (bicyclic) bond motifs is 1. The molecule has 2 atom stereocenters. The molecule has 1 aliphatic carbocycles. The van der Waals surface area contributed by atoms with Crippen LogP contribution in [0.2, 0.25) is 0 Å². The van der Waals surface area contributed by atoms with E-state index in [1.54, 1.807) is 17.9 Å². The van der Waals surface area contributed by atoms with E-state index in [0.717, 1.165) is 18.2 Å². The van der Waals surface area contributed by atoms with Gasteiger partial charge >= 0.3 is 5.65 Å². The van der Waals surface area contributed by atoms with E-state index in [-0.39, 0.29) is 5.56 Å². The summed E-state index contributed by atoms with van der Waals surface area (Å²) in [5.74, 6) is 1.60. The summed E-state index contributed by atoms with van der Waals surface area (Å²) in [5.41, 5.74) is 0.491. The summed E-state index contributed by atoms with van der Waals surface area (Å²) in [4.78, 5) is 40.9. The molecule has 0 spiro atoms. The lowest BCUT2D eigenvalue weighted by Gasteiger charge is -2.28. The van der Waals surface area contributed by atoms with Crippen molar-refractivity contribution in [1.82, 2.24) is 14.5 Å². The molecule has 11 heteroatoms. The van der Waals surface area contributed by atoms with Gasteiger partial charge in [0.25, 0.3) is 11.5 Å². The van der Waals surface area contributed by atoms with Gasteiger partial charge in [-0.05, 0) is 24.5 Å². The summed E-state index contributed by atoms with van der Waals surface area (Å²) in [6.45, 7) is 2.72. The average molecular weight is 386 g/mol. The Hall–Kier alpha value is -1.35. The Morgan fingerprint density at radius 2 is 2.28 bits per heavy atom. The molecule has 0 amide bonds. The van der Waals surface area contributed by atoms with Crippen molar-refractivity contribution in [1.29, 1.82) is 0 Å². The fraction of sp³-hybridized carbons (Fsp3) is 0.643. The third-order valence-electron chi connectivity index (χ3n) is 4.18. The molecule has 2 heterocycles. The number of H-pyrrole nitrogens is 1. The number of rotatable bonds is 8. The van der Waals surface area contributed by atoms with E-state index in [1.165, 1.54) is 0 Å². The number of thioether (sulfide) groups is 1. The second kappa shape index (κ2) is 7.11. The molecule has 1 aliphatic rings. The number of aromatic amines is 1. The number of nitrogens with one attached hydrogen (secondary N) is 2. The van der Waals surface area contributed by atoms with Gasteiger partial charge in [-0.3, -0.25) is 14.3 Å². The first-order chi connectivity index (χ1) is 11.7. The summed E-state index contributed by atoms with van der Waals surface area (Å²) in [5, 5.41) is 3.23. The van der Waals surface area contributed by atoms with Crippen LogP contribution in [0.5, 0.6) is 0 Å². The molecular weight excluding hydrogens is 365 g/mol. The van der Waals surface area contributed by atoms with Crippen LogP contribution in [0.25, 0.3) is 11.2 Å². The second-order valence-electron chi connectivity index (χ2n) is 6.47. The van der Waals surface area contributed by atoms with Gasteiger partial charge in [-0.2, -0.15) is 11.8 Å². The number of aryl methyl sites for hydroxylation is 2. The molecule has 2 N–H and O–H groups in total. The normalized spacial score (nSPS) is 20.2. The lowest BCUT2D eigenvalue weighted by molar-refractivity contribution is -0.673. The van der Waals surface area contributed by atoms with Gasteiger partial charge in [0.15, 0.2) is 6.33 Å². The molecule has 2 aromatic heterocycles. The number of nitrogens with zero attached hydrogens (tertiary/aromatic N) is 3. The van der Waals surface area contributed by atoms with Crippen LogP contribution in [0.1, 0.15) is 19.8 Å².